The van der Waals surface area contributed by atoms with Crippen molar-refractivity contribution >= 4 is 39.3 Å². The van der Waals surface area contributed by atoms with Crippen molar-refractivity contribution in [2.45, 2.75) is 38.8 Å². The van der Waals surface area contributed by atoms with Crippen molar-refractivity contribution < 1.29 is 14.7 Å². The molecule has 1 saturated carbocycles. The van der Waals surface area contributed by atoms with Crippen LogP contribution >= 0.6 is 27.3 Å². The first-order valence-electron chi connectivity index (χ1n) is 6.44. The van der Waals surface area contributed by atoms with Gasteiger partial charge in [-0.2, -0.15) is 0 Å². The van der Waals surface area contributed by atoms with Gasteiger partial charge in [-0.1, -0.05) is 6.42 Å². The van der Waals surface area contributed by atoms with E-state index in [1.54, 1.807) is 18.3 Å². The summed E-state index contributed by atoms with van der Waals surface area (Å²) in [7, 11) is 0. The quantitative estimate of drug-likeness (QED) is 0.772. The van der Waals surface area contributed by atoms with E-state index in [9.17, 15) is 14.7 Å². The van der Waals surface area contributed by atoms with Gasteiger partial charge >= 0.3 is 12.0 Å². The molecular weight excluding hydrogens is 344 g/mol. The highest BCUT2D eigenvalue weighted by molar-refractivity contribution is 9.11. The number of carbonyl (C=O) groups is 2. The average molecular weight is 361 g/mol. The molecule has 20 heavy (non-hydrogen) atoms. The van der Waals surface area contributed by atoms with E-state index in [4.69, 9.17) is 0 Å². The summed E-state index contributed by atoms with van der Waals surface area (Å²) >= 11 is 4.92. The second-order valence-electron chi connectivity index (χ2n) is 5.20. The zero-order valence-corrected chi connectivity index (χ0v) is 13.5. The maximum absolute atomic E-state index is 11.9. The van der Waals surface area contributed by atoms with Crippen molar-refractivity contribution in [1.82, 2.24) is 10.6 Å². The number of hydrogen-bond acceptors (Lipinski definition) is 3. The zero-order chi connectivity index (χ0) is 14.8. The Hall–Kier alpha value is -1.08. The van der Waals surface area contributed by atoms with Crippen LogP contribution in [0.4, 0.5) is 4.79 Å². The van der Waals surface area contributed by atoms with E-state index < -0.39 is 11.4 Å². The summed E-state index contributed by atoms with van der Waals surface area (Å²) in [5.41, 5.74) is -0.858. The van der Waals surface area contributed by atoms with E-state index in [0.717, 1.165) is 15.1 Å². The van der Waals surface area contributed by atoms with Gasteiger partial charge in [0.2, 0.25) is 0 Å². The van der Waals surface area contributed by atoms with Gasteiger partial charge in [0.1, 0.15) is 0 Å². The molecule has 0 aliphatic heterocycles. The van der Waals surface area contributed by atoms with Crippen molar-refractivity contribution in [2.75, 3.05) is 0 Å². The Labute approximate surface area is 129 Å². The molecule has 0 saturated heterocycles. The first-order chi connectivity index (χ1) is 9.41. The van der Waals surface area contributed by atoms with Crippen molar-refractivity contribution in [3.8, 4) is 0 Å². The maximum atomic E-state index is 11.9. The summed E-state index contributed by atoms with van der Waals surface area (Å²) < 4.78 is 1.02. The van der Waals surface area contributed by atoms with Gasteiger partial charge in [-0.05, 0) is 47.8 Å². The van der Waals surface area contributed by atoms with Crippen LogP contribution in [-0.2, 0) is 11.3 Å². The number of carboxylic acids is 1. The van der Waals surface area contributed by atoms with Crippen LogP contribution < -0.4 is 10.6 Å². The van der Waals surface area contributed by atoms with Gasteiger partial charge in [-0.15, -0.1) is 11.3 Å². The molecule has 2 atom stereocenters. The molecule has 5 nitrogen and oxygen atoms in total. The number of carbonyl (C=O) groups excluding carboxylic acids is 1. The smallest absolute Gasteiger partial charge is 0.315 e. The fourth-order valence-corrected chi connectivity index (χ4v) is 3.90. The molecular formula is C13H17BrN2O3S. The largest absolute Gasteiger partial charge is 0.481 e. The zero-order valence-electron chi connectivity index (χ0n) is 11.1. The molecule has 1 aromatic heterocycles. The molecule has 7 heteroatoms. The lowest BCUT2D eigenvalue weighted by Gasteiger charge is -2.27. The molecule has 2 unspecified atom stereocenters. The molecule has 2 rings (SSSR count). The van der Waals surface area contributed by atoms with Gasteiger partial charge in [0, 0.05) is 10.9 Å². The van der Waals surface area contributed by atoms with Crippen LogP contribution in [0.2, 0.25) is 0 Å². The van der Waals surface area contributed by atoms with Crippen LogP contribution in [0.5, 0.6) is 0 Å². The topological polar surface area (TPSA) is 78.4 Å². The number of nitrogens with one attached hydrogen (secondary N) is 2. The number of amides is 2. The number of halogens is 1. The maximum Gasteiger partial charge on any atom is 0.315 e. The minimum Gasteiger partial charge on any atom is -0.481 e. The van der Waals surface area contributed by atoms with Gasteiger partial charge in [-0.25, -0.2) is 4.79 Å². The predicted octanol–water partition coefficient (Wildman–Crippen LogP) is 2.95. The van der Waals surface area contributed by atoms with E-state index in [-0.39, 0.29) is 12.1 Å². The summed E-state index contributed by atoms with van der Waals surface area (Å²) in [6.45, 7) is 2.14. The molecule has 2 amide bonds. The van der Waals surface area contributed by atoms with Gasteiger partial charge in [0.25, 0.3) is 0 Å². The molecule has 1 fully saturated rings. The SMILES string of the molecule is CC1(C(=O)O)CCCC1NC(=O)NCc1ccc(Br)s1. The third-order valence-electron chi connectivity index (χ3n) is 3.80. The Morgan fingerprint density at radius 1 is 1.55 bits per heavy atom. The molecule has 1 aliphatic rings. The highest BCUT2D eigenvalue weighted by Gasteiger charge is 2.45. The van der Waals surface area contributed by atoms with Gasteiger partial charge in [0.05, 0.1) is 15.7 Å². The Balaban J connectivity index is 1.86. The number of hydrogen-bond donors (Lipinski definition) is 3. The molecule has 0 aromatic carbocycles. The Kier molecular flexibility index (Phi) is 4.70. The van der Waals surface area contributed by atoms with Crippen molar-refractivity contribution in [1.29, 1.82) is 0 Å². The van der Waals surface area contributed by atoms with Gasteiger partial charge in [-0.3, -0.25) is 4.79 Å². The molecule has 1 aromatic rings. The third-order valence-corrected chi connectivity index (χ3v) is 5.43. The van der Waals surface area contributed by atoms with Crippen LogP contribution in [-0.4, -0.2) is 23.1 Å². The molecule has 1 aliphatic carbocycles. The Morgan fingerprint density at radius 2 is 2.30 bits per heavy atom. The predicted molar refractivity (Wildman–Crippen MR) is 80.8 cm³/mol. The normalized spacial score (nSPS) is 25.4. The molecule has 3 N–H and O–H groups in total. The number of carboxylic acid groups (broad SMARTS) is 1. The standard InChI is InChI=1S/C13H17BrN2O3S/c1-13(11(17)18)6-2-3-9(13)16-12(19)15-7-8-4-5-10(14)20-8/h4-5,9H,2-3,6-7H2,1H3,(H,17,18)(H2,15,16,19). The van der Waals surface area contributed by atoms with E-state index in [1.807, 2.05) is 12.1 Å². The monoisotopic (exact) mass is 360 g/mol. The van der Waals surface area contributed by atoms with Gasteiger partial charge in [0.15, 0.2) is 0 Å². The van der Waals surface area contributed by atoms with Crippen LogP contribution in [0.1, 0.15) is 31.1 Å². The summed E-state index contributed by atoms with van der Waals surface area (Å²) in [5.74, 6) is -0.845. The fourth-order valence-electron chi connectivity index (χ4n) is 2.48. The lowest BCUT2D eigenvalue weighted by Crippen LogP contribution is -2.50. The minimum absolute atomic E-state index is 0.310. The van der Waals surface area contributed by atoms with E-state index in [2.05, 4.69) is 26.6 Å². The number of urea groups is 1. The van der Waals surface area contributed by atoms with E-state index in [0.29, 0.717) is 19.4 Å². The Morgan fingerprint density at radius 3 is 2.90 bits per heavy atom. The number of rotatable bonds is 4. The third kappa shape index (κ3) is 3.32. The van der Waals surface area contributed by atoms with E-state index in [1.165, 1.54) is 0 Å². The fraction of sp³-hybridized carbons (Fsp3) is 0.538. The summed E-state index contributed by atoms with van der Waals surface area (Å²) in [5, 5.41) is 14.8. The summed E-state index contributed by atoms with van der Waals surface area (Å²) in [6, 6.07) is 3.24. The first-order valence-corrected chi connectivity index (χ1v) is 8.05. The van der Waals surface area contributed by atoms with Crippen LogP contribution in [0.15, 0.2) is 15.9 Å². The second kappa shape index (κ2) is 6.13. The first kappa shape index (κ1) is 15.3. The molecule has 110 valence electrons. The average Bonchev–Trinajstić information content (AvgIpc) is 2.95. The van der Waals surface area contributed by atoms with Gasteiger partial charge < -0.3 is 15.7 Å². The van der Waals surface area contributed by atoms with Crippen molar-refractivity contribution in [3.63, 3.8) is 0 Å². The molecule has 1 heterocycles. The van der Waals surface area contributed by atoms with Crippen LogP contribution in [0, 0.1) is 5.41 Å². The highest BCUT2D eigenvalue weighted by Crippen LogP contribution is 2.38. The van der Waals surface area contributed by atoms with Crippen LogP contribution in [0.25, 0.3) is 0 Å². The highest BCUT2D eigenvalue weighted by atomic mass is 79.9. The molecule has 0 radical (unpaired) electrons. The second-order valence-corrected chi connectivity index (χ2v) is 7.75. The van der Waals surface area contributed by atoms with Crippen molar-refractivity contribution in [3.05, 3.63) is 20.8 Å². The minimum atomic E-state index is -0.858. The van der Waals surface area contributed by atoms with E-state index >= 15 is 0 Å². The van der Waals surface area contributed by atoms with Crippen LogP contribution in [0.3, 0.4) is 0 Å². The molecule has 0 bridgehead atoms. The number of thiophene rings is 1. The number of aliphatic carboxylic acids is 1. The van der Waals surface area contributed by atoms with Crippen molar-refractivity contribution in [2.24, 2.45) is 5.41 Å². The summed E-state index contributed by atoms with van der Waals surface area (Å²) in [4.78, 5) is 24.2. The lowest BCUT2D eigenvalue weighted by atomic mass is 9.85. The lowest BCUT2D eigenvalue weighted by molar-refractivity contribution is -0.148. The summed E-state index contributed by atoms with van der Waals surface area (Å²) in [6.07, 6.45) is 2.14. The Bertz CT molecular complexity index is 519. The molecule has 0 spiro atoms.